The van der Waals surface area contributed by atoms with Crippen LogP contribution in [0.15, 0.2) is 30.3 Å². The van der Waals surface area contributed by atoms with Gasteiger partial charge < -0.3 is 25.0 Å². The Bertz CT molecular complexity index is 895. The molecule has 1 aliphatic heterocycles. The van der Waals surface area contributed by atoms with Crippen molar-refractivity contribution in [2.24, 2.45) is 0 Å². The molecule has 0 unspecified atom stereocenters. The van der Waals surface area contributed by atoms with Crippen LogP contribution in [0.1, 0.15) is 23.0 Å². The number of pyridine rings is 1. The number of rotatable bonds is 4. The van der Waals surface area contributed by atoms with Crippen LogP contribution in [-0.4, -0.2) is 59.2 Å². The van der Waals surface area contributed by atoms with Gasteiger partial charge in [0.25, 0.3) is 0 Å². The Kier molecular flexibility index (Phi) is 5.99. The molecule has 3 rings (SSSR count). The number of hydrogen-bond donors (Lipinski definition) is 2. The molecule has 0 aliphatic carbocycles. The van der Waals surface area contributed by atoms with Gasteiger partial charge in [-0.1, -0.05) is 6.07 Å². The lowest BCUT2D eigenvalue weighted by atomic mass is 10.1. The Morgan fingerprint density at radius 3 is 2.57 bits per heavy atom. The van der Waals surface area contributed by atoms with E-state index in [0.29, 0.717) is 27.9 Å². The van der Waals surface area contributed by atoms with Crippen LogP contribution < -0.4 is 15.0 Å². The lowest BCUT2D eigenvalue weighted by Gasteiger charge is -2.37. The molecule has 2 N–H and O–H groups in total. The van der Waals surface area contributed by atoms with Crippen LogP contribution in [0, 0.1) is 6.92 Å². The molecule has 2 aromatic rings. The summed E-state index contributed by atoms with van der Waals surface area (Å²) in [6.45, 7) is 6.34. The summed E-state index contributed by atoms with van der Waals surface area (Å²) in [5.74, 6) is 0.613. The molecule has 0 saturated carbocycles. The minimum atomic E-state index is -0.0543. The Morgan fingerprint density at radius 1 is 1.25 bits per heavy atom. The summed E-state index contributed by atoms with van der Waals surface area (Å²) >= 11 is 5.57. The predicted octanol–water partition coefficient (Wildman–Crippen LogP) is 2.83. The number of hydrogen-bond acceptors (Lipinski definition) is 6. The first kappa shape index (κ1) is 19.9. The third-order valence-electron chi connectivity index (χ3n) is 4.75. The summed E-state index contributed by atoms with van der Waals surface area (Å²) in [4.78, 5) is 20.5. The molecule has 2 heterocycles. The third-order valence-corrected chi connectivity index (χ3v) is 5.11. The second kappa shape index (κ2) is 8.43. The quantitative estimate of drug-likeness (QED) is 0.599. The fourth-order valence-corrected chi connectivity index (χ4v) is 3.53. The van der Waals surface area contributed by atoms with Crippen molar-refractivity contribution < 1.29 is 14.6 Å². The zero-order valence-electron chi connectivity index (χ0n) is 16.2. The van der Waals surface area contributed by atoms with Gasteiger partial charge in [0, 0.05) is 43.5 Å². The van der Waals surface area contributed by atoms with Crippen LogP contribution in [0.3, 0.4) is 0 Å². The zero-order chi connectivity index (χ0) is 20.3. The minimum absolute atomic E-state index is 0.0543. The van der Waals surface area contributed by atoms with Crippen LogP contribution in [0.25, 0.3) is 0 Å². The standard InChI is InChI=1S/C20H24N4O3S/c1-13-17(14(2)25)12-18(19(21-13)27-3)22-20(28)24-9-7-23(8-10-24)15-5-4-6-16(26)11-15/h4-6,11-12,26H,7-10H2,1-3H3,(H,22,28). The first-order chi connectivity index (χ1) is 13.4. The zero-order valence-corrected chi connectivity index (χ0v) is 17.0. The van der Waals surface area contributed by atoms with Crippen molar-refractivity contribution in [3.8, 4) is 11.6 Å². The number of methoxy groups -OCH3 is 1. The first-order valence-electron chi connectivity index (χ1n) is 9.05. The van der Waals surface area contributed by atoms with Crippen LogP contribution in [-0.2, 0) is 0 Å². The maximum absolute atomic E-state index is 11.8. The van der Waals surface area contributed by atoms with Gasteiger partial charge in [-0.15, -0.1) is 0 Å². The summed E-state index contributed by atoms with van der Waals surface area (Å²) in [7, 11) is 1.54. The number of ether oxygens (including phenoxy) is 1. The molecule has 8 heteroatoms. The predicted molar refractivity (Wildman–Crippen MR) is 114 cm³/mol. The van der Waals surface area contributed by atoms with Crippen LogP contribution >= 0.6 is 12.2 Å². The van der Waals surface area contributed by atoms with E-state index in [-0.39, 0.29) is 11.5 Å². The number of carbonyl (C=O) groups excluding carboxylic acids is 1. The highest BCUT2D eigenvalue weighted by Crippen LogP contribution is 2.26. The largest absolute Gasteiger partial charge is 0.508 e. The average Bonchev–Trinajstić information content (AvgIpc) is 2.68. The van der Waals surface area contributed by atoms with E-state index in [1.165, 1.54) is 14.0 Å². The summed E-state index contributed by atoms with van der Waals surface area (Å²) in [6.07, 6.45) is 0. The maximum Gasteiger partial charge on any atom is 0.237 e. The van der Waals surface area contributed by atoms with Crippen molar-refractivity contribution >= 4 is 34.5 Å². The van der Waals surface area contributed by atoms with E-state index in [0.717, 1.165) is 31.9 Å². The van der Waals surface area contributed by atoms with E-state index >= 15 is 0 Å². The molecule has 1 aromatic heterocycles. The van der Waals surface area contributed by atoms with Gasteiger partial charge in [0.05, 0.1) is 12.8 Å². The lowest BCUT2D eigenvalue weighted by molar-refractivity contribution is 0.101. The van der Waals surface area contributed by atoms with E-state index in [4.69, 9.17) is 17.0 Å². The van der Waals surface area contributed by atoms with Gasteiger partial charge in [-0.3, -0.25) is 4.79 Å². The number of thiocarbonyl (C=S) groups is 1. The number of anilines is 2. The summed E-state index contributed by atoms with van der Waals surface area (Å²) < 4.78 is 5.34. The van der Waals surface area contributed by atoms with E-state index < -0.39 is 0 Å². The number of phenolic OH excluding ortho intramolecular Hbond substituents is 1. The van der Waals surface area contributed by atoms with Crippen molar-refractivity contribution in [1.29, 1.82) is 0 Å². The number of Topliss-reactive ketones (excluding diaryl/α,β-unsaturated/α-hetero) is 1. The molecule has 28 heavy (non-hydrogen) atoms. The molecule has 148 valence electrons. The second-order valence-corrected chi connectivity index (χ2v) is 7.05. The Balaban J connectivity index is 1.68. The summed E-state index contributed by atoms with van der Waals surface area (Å²) in [5.41, 5.74) is 2.74. The average molecular weight is 401 g/mol. The molecule has 0 radical (unpaired) electrons. The SMILES string of the molecule is COc1nc(C)c(C(C)=O)cc1NC(=S)N1CCN(c2cccc(O)c2)CC1. The van der Waals surface area contributed by atoms with Crippen molar-refractivity contribution in [2.45, 2.75) is 13.8 Å². The number of aromatic nitrogens is 1. The molecular formula is C20H24N4O3S. The highest BCUT2D eigenvalue weighted by molar-refractivity contribution is 7.80. The van der Waals surface area contributed by atoms with Crippen molar-refractivity contribution in [3.05, 3.63) is 41.6 Å². The fraction of sp³-hybridized carbons (Fsp3) is 0.350. The van der Waals surface area contributed by atoms with Crippen molar-refractivity contribution in [1.82, 2.24) is 9.88 Å². The number of benzene rings is 1. The Hall–Kier alpha value is -2.87. The van der Waals surface area contributed by atoms with Gasteiger partial charge in [-0.2, -0.15) is 0 Å². The van der Waals surface area contributed by atoms with Crippen LogP contribution in [0.2, 0.25) is 0 Å². The Labute approximate surface area is 169 Å². The highest BCUT2D eigenvalue weighted by atomic mass is 32.1. The van der Waals surface area contributed by atoms with Gasteiger partial charge in [-0.25, -0.2) is 4.98 Å². The van der Waals surface area contributed by atoms with E-state index in [1.54, 1.807) is 25.1 Å². The lowest BCUT2D eigenvalue weighted by Crippen LogP contribution is -2.50. The normalized spacial score (nSPS) is 14.0. The molecule has 0 amide bonds. The Morgan fingerprint density at radius 2 is 1.96 bits per heavy atom. The topological polar surface area (TPSA) is 77.9 Å². The number of nitrogens with zero attached hydrogens (tertiary/aromatic N) is 3. The van der Waals surface area contributed by atoms with Crippen LogP contribution in [0.4, 0.5) is 11.4 Å². The second-order valence-electron chi connectivity index (χ2n) is 6.66. The molecule has 7 nitrogen and oxygen atoms in total. The van der Waals surface area contributed by atoms with Gasteiger partial charge in [-0.05, 0) is 44.3 Å². The molecule has 1 aliphatic rings. The number of nitrogens with one attached hydrogen (secondary N) is 1. The summed E-state index contributed by atoms with van der Waals surface area (Å²) in [6, 6.07) is 8.98. The number of piperazine rings is 1. The third kappa shape index (κ3) is 4.33. The van der Waals surface area contributed by atoms with E-state index in [9.17, 15) is 9.90 Å². The number of aromatic hydroxyl groups is 1. The number of carbonyl (C=O) groups is 1. The highest BCUT2D eigenvalue weighted by Gasteiger charge is 2.21. The van der Waals surface area contributed by atoms with Crippen molar-refractivity contribution in [2.75, 3.05) is 43.5 Å². The van der Waals surface area contributed by atoms with Gasteiger partial charge in [0.2, 0.25) is 5.88 Å². The van der Waals surface area contributed by atoms with Crippen molar-refractivity contribution in [3.63, 3.8) is 0 Å². The maximum atomic E-state index is 11.8. The van der Waals surface area contributed by atoms with E-state index in [2.05, 4.69) is 20.1 Å². The smallest absolute Gasteiger partial charge is 0.237 e. The first-order valence-corrected chi connectivity index (χ1v) is 9.46. The molecule has 1 fully saturated rings. The van der Waals surface area contributed by atoms with Gasteiger partial charge >= 0.3 is 0 Å². The molecule has 0 spiro atoms. The van der Waals surface area contributed by atoms with Crippen LogP contribution in [0.5, 0.6) is 11.6 Å². The minimum Gasteiger partial charge on any atom is -0.508 e. The van der Waals surface area contributed by atoms with E-state index in [1.807, 2.05) is 12.1 Å². The molecule has 0 bridgehead atoms. The molecular weight excluding hydrogens is 376 g/mol. The number of ketones is 1. The number of phenols is 1. The monoisotopic (exact) mass is 400 g/mol. The molecule has 0 atom stereocenters. The molecule has 1 saturated heterocycles. The van der Waals surface area contributed by atoms with Gasteiger partial charge in [0.15, 0.2) is 10.9 Å². The van der Waals surface area contributed by atoms with Gasteiger partial charge in [0.1, 0.15) is 11.4 Å². The number of aryl methyl sites for hydroxylation is 1. The molecule has 1 aromatic carbocycles. The summed E-state index contributed by atoms with van der Waals surface area (Å²) in [5, 5.41) is 13.4. The fourth-order valence-electron chi connectivity index (χ4n) is 3.24.